The minimum Gasteiger partial charge on any atom is -0.347 e. The van der Waals surface area contributed by atoms with Crippen molar-refractivity contribution in [2.75, 3.05) is 6.61 Å². The summed E-state index contributed by atoms with van der Waals surface area (Å²) in [6.45, 7) is 8.50. The van der Waals surface area contributed by atoms with E-state index in [0.29, 0.717) is 6.61 Å². The Morgan fingerprint density at radius 3 is 2.26 bits per heavy atom. The summed E-state index contributed by atoms with van der Waals surface area (Å²) in [6, 6.07) is 16.9. The lowest BCUT2D eigenvalue weighted by Crippen LogP contribution is -2.28. The second kappa shape index (κ2) is 5.82. The van der Waals surface area contributed by atoms with Crippen molar-refractivity contribution in [2.45, 2.75) is 39.1 Å². The van der Waals surface area contributed by atoms with Gasteiger partial charge in [-0.2, -0.15) is 0 Å². The summed E-state index contributed by atoms with van der Waals surface area (Å²) in [6.07, 6.45) is 0. The van der Waals surface area contributed by atoms with E-state index in [1.54, 1.807) is 0 Å². The van der Waals surface area contributed by atoms with E-state index in [-0.39, 0.29) is 0 Å². The minimum absolute atomic E-state index is 0.412. The first kappa shape index (κ1) is 16.3. The van der Waals surface area contributed by atoms with Gasteiger partial charge in [0.1, 0.15) is 5.60 Å². The van der Waals surface area contributed by atoms with Crippen LogP contribution in [0.15, 0.2) is 48.5 Å². The highest BCUT2D eigenvalue weighted by Crippen LogP contribution is 2.39. The molecule has 23 heavy (non-hydrogen) atoms. The highest BCUT2D eigenvalue weighted by atomic mass is 32.1. The van der Waals surface area contributed by atoms with Gasteiger partial charge in [0.25, 0.3) is 0 Å². The minimum atomic E-state index is -0.538. The van der Waals surface area contributed by atoms with Crippen molar-refractivity contribution in [3.05, 3.63) is 59.7 Å². The van der Waals surface area contributed by atoms with E-state index < -0.39 is 11.4 Å². The summed E-state index contributed by atoms with van der Waals surface area (Å²) >= 11 is 5.22. The Morgan fingerprint density at radius 2 is 1.70 bits per heavy atom. The maximum Gasteiger partial charge on any atom is 0.164 e. The number of ether oxygens (including phenoxy) is 2. The monoisotopic (exact) mass is 326 g/mol. The second-order valence-corrected chi connectivity index (χ2v) is 7.35. The molecular formula is C20H22O2S. The third-order valence-corrected chi connectivity index (χ3v) is 4.50. The maximum atomic E-state index is 6.12. The van der Waals surface area contributed by atoms with Gasteiger partial charge in [0.2, 0.25) is 0 Å². The van der Waals surface area contributed by atoms with Crippen molar-refractivity contribution in [1.82, 2.24) is 0 Å². The first-order chi connectivity index (χ1) is 10.8. The normalized spacial score (nSPS) is 23.0. The van der Waals surface area contributed by atoms with Crippen LogP contribution in [-0.4, -0.2) is 17.3 Å². The van der Waals surface area contributed by atoms with E-state index in [4.69, 9.17) is 21.7 Å². The molecule has 0 radical (unpaired) electrons. The first-order valence-corrected chi connectivity index (χ1v) is 8.26. The molecule has 1 saturated heterocycles. The average Bonchev–Trinajstić information content (AvgIpc) is 2.82. The van der Waals surface area contributed by atoms with Crippen molar-refractivity contribution in [3.63, 3.8) is 0 Å². The lowest BCUT2D eigenvalue weighted by molar-refractivity contribution is -0.159. The van der Waals surface area contributed by atoms with Crippen molar-refractivity contribution in [3.8, 4) is 11.1 Å². The molecule has 1 aliphatic rings. The molecule has 120 valence electrons. The predicted molar refractivity (Wildman–Crippen MR) is 97.7 cm³/mol. The molecule has 0 aliphatic carbocycles. The van der Waals surface area contributed by atoms with Crippen LogP contribution in [0.25, 0.3) is 11.1 Å². The number of rotatable bonds is 3. The number of benzene rings is 2. The fourth-order valence-electron chi connectivity index (χ4n) is 2.98. The molecule has 1 atom stereocenters. The van der Waals surface area contributed by atoms with Crippen LogP contribution < -0.4 is 0 Å². The van der Waals surface area contributed by atoms with Crippen molar-refractivity contribution >= 4 is 17.1 Å². The molecule has 0 bridgehead atoms. The maximum absolute atomic E-state index is 6.12. The lowest BCUT2D eigenvalue weighted by Gasteiger charge is -2.26. The molecule has 1 unspecified atom stereocenters. The molecule has 1 fully saturated rings. The smallest absolute Gasteiger partial charge is 0.164 e. The number of hydrogen-bond acceptors (Lipinski definition) is 3. The highest BCUT2D eigenvalue weighted by Gasteiger charge is 2.43. The molecule has 0 aromatic heterocycles. The topological polar surface area (TPSA) is 18.5 Å². The Morgan fingerprint density at radius 1 is 1.00 bits per heavy atom. The summed E-state index contributed by atoms with van der Waals surface area (Å²) in [7, 11) is 0. The van der Waals surface area contributed by atoms with Crippen molar-refractivity contribution < 1.29 is 9.47 Å². The van der Waals surface area contributed by atoms with Gasteiger partial charge >= 0.3 is 0 Å². The van der Waals surface area contributed by atoms with Crippen LogP contribution in [0.2, 0.25) is 0 Å². The summed E-state index contributed by atoms with van der Waals surface area (Å²) in [5, 5.41) is 0. The second-order valence-electron chi connectivity index (χ2n) is 6.74. The van der Waals surface area contributed by atoms with Crippen LogP contribution in [0.5, 0.6) is 0 Å². The van der Waals surface area contributed by atoms with E-state index in [0.717, 1.165) is 16.0 Å². The zero-order valence-corrected chi connectivity index (χ0v) is 14.9. The molecular weight excluding hydrogens is 304 g/mol. The molecule has 0 saturated carbocycles. The third-order valence-electron chi connectivity index (χ3n) is 4.26. The predicted octanol–water partition coefficient (Wildman–Crippen LogP) is 5.09. The summed E-state index contributed by atoms with van der Waals surface area (Å²) in [5.74, 6) is -0.538. The van der Waals surface area contributed by atoms with Crippen LogP contribution >= 0.6 is 12.2 Å². The molecule has 1 aliphatic heterocycles. The Bertz CT molecular complexity index is 734. The molecule has 3 rings (SSSR count). The molecule has 0 spiro atoms. The van der Waals surface area contributed by atoms with E-state index >= 15 is 0 Å². The zero-order valence-electron chi connectivity index (χ0n) is 14.1. The molecule has 2 aromatic rings. The van der Waals surface area contributed by atoms with Crippen LogP contribution in [-0.2, 0) is 15.1 Å². The number of hydrogen-bond donors (Lipinski definition) is 0. The highest BCUT2D eigenvalue weighted by molar-refractivity contribution is 7.80. The molecule has 0 N–H and O–H groups in total. The summed E-state index contributed by atoms with van der Waals surface area (Å²) < 4.78 is 11.9. The van der Waals surface area contributed by atoms with Crippen LogP contribution in [0.1, 0.15) is 38.8 Å². The van der Waals surface area contributed by atoms with E-state index in [9.17, 15) is 0 Å². The first-order valence-electron chi connectivity index (χ1n) is 7.85. The van der Waals surface area contributed by atoms with Crippen LogP contribution in [0, 0.1) is 0 Å². The molecule has 2 nitrogen and oxygen atoms in total. The van der Waals surface area contributed by atoms with E-state index in [1.807, 2.05) is 20.8 Å². The SMILES string of the molecule is CC(=S)c1ccc(-c2cccc(C3(C)COC(C)(C)O3)c2)cc1. The fourth-order valence-corrected chi connectivity index (χ4v) is 3.12. The van der Waals surface area contributed by atoms with E-state index in [1.165, 1.54) is 11.1 Å². The van der Waals surface area contributed by atoms with Gasteiger partial charge in [-0.3, -0.25) is 0 Å². The van der Waals surface area contributed by atoms with Gasteiger partial charge in [-0.25, -0.2) is 0 Å². The van der Waals surface area contributed by atoms with E-state index in [2.05, 4.69) is 55.5 Å². The average molecular weight is 326 g/mol. The van der Waals surface area contributed by atoms with Gasteiger partial charge in [0, 0.05) is 4.86 Å². The third kappa shape index (κ3) is 3.37. The molecule has 2 aromatic carbocycles. The summed E-state index contributed by atoms with van der Waals surface area (Å²) in [4.78, 5) is 0.913. The fraction of sp³-hybridized carbons (Fsp3) is 0.350. The Balaban J connectivity index is 1.93. The van der Waals surface area contributed by atoms with Crippen molar-refractivity contribution in [1.29, 1.82) is 0 Å². The van der Waals surface area contributed by atoms with Gasteiger partial charge in [-0.05, 0) is 56.0 Å². The number of thiocarbonyl (C=S) groups is 1. The summed E-state index contributed by atoms with van der Waals surface area (Å²) in [5.41, 5.74) is 4.17. The molecule has 3 heteroatoms. The largest absolute Gasteiger partial charge is 0.347 e. The van der Waals surface area contributed by atoms with Gasteiger partial charge in [-0.1, -0.05) is 54.7 Å². The zero-order chi connectivity index (χ0) is 16.7. The lowest BCUT2D eigenvalue weighted by atomic mass is 9.93. The molecule has 1 heterocycles. The Labute approximate surface area is 143 Å². The van der Waals surface area contributed by atoms with Crippen molar-refractivity contribution in [2.24, 2.45) is 0 Å². The van der Waals surface area contributed by atoms with Gasteiger partial charge in [-0.15, -0.1) is 0 Å². The van der Waals surface area contributed by atoms with Crippen LogP contribution in [0.4, 0.5) is 0 Å². The van der Waals surface area contributed by atoms with Gasteiger partial charge in [0.15, 0.2) is 5.79 Å². The standard InChI is InChI=1S/C20H22O2S/c1-14(23)15-8-10-16(11-9-15)17-6-5-7-18(12-17)20(4)13-21-19(2,3)22-20/h5-12H,13H2,1-4H3. The molecule has 0 amide bonds. The Kier molecular flexibility index (Phi) is 4.13. The Hall–Kier alpha value is -1.55. The quantitative estimate of drug-likeness (QED) is 0.578. The van der Waals surface area contributed by atoms with Gasteiger partial charge < -0.3 is 9.47 Å². The van der Waals surface area contributed by atoms with Gasteiger partial charge in [0.05, 0.1) is 6.61 Å². The van der Waals surface area contributed by atoms with Crippen LogP contribution in [0.3, 0.4) is 0 Å².